The van der Waals surface area contributed by atoms with Gasteiger partial charge in [0.2, 0.25) is 0 Å². The molecule has 0 spiro atoms. The molecule has 0 N–H and O–H groups in total. The van der Waals surface area contributed by atoms with Crippen LogP contribution in [0, 0.1) is 0 Å². The van der Waals surface area contributed by atoms with Crippen LogP contribution in [0.1, 0.15) is 25.0 Å². The van der Waals surface area contributed by atoms with Gasteiger partial charge in [-0.05, 0) is 111 Å². The summed E-state index contributed by atoms with van der Waals surface area (Å²) in [6, 6.07) is 66.7. The number of benzene rings is 8. The highest BCUT2D eigenvalue weighted by atomic mass is 15.1. The fraction of sp³-hybridized carbons (Fsp3) is 0.0612. The van der Waals surface area contributed by atoms with Crippen LogP contribution in [0.4, 0.5) is 17.1 Å². The molecule has 242 valence electrons. The Morgan fingerprint density at radius 2 is 1.04 bits per heavy atom. The Hall–Kier alpha value is -6.38. The molecule has 1 aliphatic rings. The number of aromatic nitrogens is 1. The summed E-state index contributed by atoms with van der Waals surface area (Å²) in [7, 11) is 0. The molecule has 0 saturated carbocycles. The third kappa shape index (κ3) is 4.64. The van der Waals surface area contributed by atoms with Crippen molar-refractivity contribution in [2.75, 3.05) is 4.90 Å². The summed E-state index contributed by atoms with van der Waals surface area (Å²) >= 11 is 0. The van der Waals surface area contributed by atoms with Crippen molar-refractivity contribution in [1.29, 1.82) is 0 Å². The van der Waals surface area contributed by atoms with Gasteiger partial charge in [0.05, 0.1) is 11.0 Å². The van der Waals surface area contributed by atoms with Crippen molar-refractivity contribution in [1.82, 2.24) is 4.57 Å². The van der Waals surface area contributed by atoms with E-state index in [0.29, 0.717) is 0 Å². The molecule has 0 amide bonds. The Bertz CT molecular complexity index is 2770. The Morgan fingerprint density at radius 3 is 1.90 bits per heavy atom. The Kier molecular flexibility index (Phi) is 6.56. The number of nitrogens with zero attached hydrogens (tertiary/aromatic N) is 2. The highest BCUT2D eigenvalue weighted by molar-refractivity contribution is 6.10. The molecule has 0 atom stereocenters. The molecule has 2 nitrogen and oxygen atoms in total. The van der Waals surface area contributed by atoms with Gasteiger partial charge in [0.25, 0.3) is 0 Å². The monoisotopic (exact) mass is 652 g/mol. The van der Waals surface area contributed by atoms with Crippen LogP contribution in [-0.2, 0) is 5.41 Å². The predicted octanol–water partition coefficient (Wildman–Crippen LogP) is 13.4. The quantitative estimate of drug-likeness (QED) is 0.180. The average molecular weight is 653 g/mol. The molecule has 51 heavy (non-hydrogen) atoms. The molecule has 9 aromatic rings. The second-order valence-electron chi connectivity index (χ2n) is 14.2. The van der Waals surface area contributed by atoms with Gasteiger partial charge in [-0.15, -0.1) is 0 Å². The SMILES string of the molecule is CC1(C)c2ccccc2-c2ccc(N(c3ccc(-c4ccc5ccccc5c4)cc3)c3ccc4c(c3)c3ccccc3n4-c3ccccc3)cc21. The summed E-state index contributed by atoms with van der Waals surface area (Å²) in [5.41, 5.74) is 14.7. The van der Waals surface area contributed by atoms with Crippen LogP contribution in [0.3, 0.4) is 0 Å². The second-order valence-corrected chi connectivity index (χ2v) is 14.2. The second kappa shape index (κ2) is 11.3. The maximum atomic E-state index is 2.43. The number of fused-ring (bicyclic) bond motifs is 7. The topological polar surface area (TPSA) is 8.17 Å². The molecule has 0 unspecified atom stereocenters. The zero-order valence-electron chi connectivity index (χ0n) is 28.7. The van der Waals surface area contributed by atoms with Crippen molar-refractivity contribution in [2.45, 2.75) is 19.3 Å². The van der Waals surface area contributed by atoms with E-state index in [1.807, 2.05) is 0 Å². The molecule has 8 aromatic carbocycles. The average Bonchev–Trinajstić information content (AvgIpc) is 3.63. The largest absolute Gasteiger partial charge is 0.310 e. The van der Waals surface area contributed by atoms with Crippen molar-refractivity contribution in [2.24, 2.45) is 0 Å². The van der Waals surface area contributed by atoms with Gasteiger partial charge in [-0.3, -0.25) is 0 Å². The van der Waals surface area contributed by atoms with E-state index in [2.05, 4.69) is 205 Å². The van der Waals surface area contributed by atoms with Crippen LogP contribution < -0.4 is 4.90 Å². The molecular weight excluding hydrogens is 617 g/mol. The van der Waals surface area contributed by atoms with Crippen LogP contribution in [-0.4, -0.2) is 4.57 Å². The van der Waals surface area contributed by atoms with E-state index < -0.39 is 0 Å². The number of anilines is 3. The van der Waals surface area contributed by atoms with Crippen molar-refractivity contribution in [3.05, 3.63) is 193 Å². The molecule has 1 heterocycles. The van der Waals surface area contributed by atoms with E-state index in [0.717, 1.165) is 22.7 Å². The van der Waals surface area contributed by atoms with Crippen LogP contribution in [0.15, 0.2) is 182 Å². The fourth-order valence-corrected chi connectivity index (χ4v) is 8.41. The van der Waals surface area contributed by atoms with E-state index in [4.69, 9.17) is 0 Å². The summed E-state index contributed by atoms with van der Waals surface area (Å²) in [5.74, 6) is 0. The van der Waals surface area contributed by atoms with Crippen molar-refractivity contribution in [3.8, 4) is 27.9 Å². The highest BCUT2D eigenvalue weighted by Crippen LogP contribution is 2.51. The lowest BCUT2D eigenvalue weighted by Crippen LogP contribution is -2.16. The molecule has 0 saturated heterocycles. The first-order valence-corrected chi connectivity index (χ1v) is 17.8. The van der Waals surface area contributed by atoms with Gasteiger partial charge in [0, 0.05) is 38.9 Å². The molecule has 10 rings (SSSR count). The fourth-order valence-electron chi connectivity index (χ4n) is 8.41. The van der Waals surface area contributed by atoms with Gasteiger partial charge < -0.3 is 9.47 Å². The normalized spacial score (nSPS) is 13.1. The minimum absolute atomic E-state index is 0.0966. The lowest BCUT2D eigenvalue weighted by molar-refractivity contribution is 0.660. The number of para-hydroxylation sites is 2. The summed E-state index contributed by atoms with van der Waals surface area (Å²) in [5, 5.41) is 4.99. The zero-order chi connectivity index (χ0) is 34.1. The molecule has 0 fully saturated rings. The van der Waals surface area contributed by atoms with Gasteiger partial charge in [-0.25, -0.2) is 0 Å². The summed E-state index contributed by atoms with van der Waals surface area (Å²) in [4.78, 5) is 2.43. The first kappa shape index (κ1) is 29.5. The summed E-state index contributed by atoms with van der Waals surface area (Å²) in [6.45, 7) is 4.71. The first-order valence-electron chi connectivity index (χ1n) is 17.8. The molecule has 0 bridgehead atoms. The lowest BCUT2D eigenvalue weighted by Gasteiger charge is -2.28. The molecule has 0 radical (unpaired) electrons. The highest BCUT2D eigenvalue weighted by Gasteiger charge is 2.35. The van der Waals surface area contributed by atoms with Gasteiger partial charge in [0.1, 0.15) is 0 Å². The van der Waals surface area contributed by atoms with Gasteiger partial charge in [-0.1, -0.05) is 129 Å². The predicted molar refractivity (Wildman–Crippen MR) is 216 cm³/mol. The molecule has 1 aromatic heterocycles. The summed E-state index contributed by atoms with van der Waals surface area (Å²) < 4.78 is 2.38. The van der Waals surface area contributed by atoms with Crippen LogP contribution in [0.5, 0.6) is 0 Å². The summed E-state index contributed by atoms with van der Waals surface area (Å²) in [6.07, 6.45) is 0. The van der Waals surface area contributed by atoms with E-state index in [9.17, 15) is 0 Å². The minimum Gasteiger partial charge on any atom is -0.310 e. The van der Waals surface area contributed by atoms with Crippen LogP contribution in [0.25, 0.3) is 60.5 Å². The van der Waals surface area contributed by atoms with Gasteiger partial charge in [-0.2, -0.15) is 0 Å². The van der Waals surface area contributed by atoms with Gasteiger partial charge >= 0.3 is 0 Å². The molecule has 0 aliphatic heterocycles. The third-order valence-corrected chi connectivity index (χ3v) is 11.0. The number of hydrogen-bond acceptors (Lipinski definition) is 1. The third-order valence-electron chi connectivity index (χ3n) is 11.0. The number of rotatable bonds is 5. The molecule has 2 heteroatoms. The van der Waals surface area contributed by atoms with Crippen LogP contribution >= 0.6 is 0 Å². The van der Waals surface area contributed by atoms with Crippen molar-refractivity contribution < 1.29 is 0 Å². The Balaban J connectivity index is 1.15. The van der Waals surface area contributed by atoms with E-state index in [1.165, 1.54) is 66.0 Å². The standard InChI is InChI=1S/C49H36N2/c1-49(2)45-18-10-8-16-41(45)42-28-26-40(32-46(42)49)50(38-24-22-34(23-25-38)36-21-20-33-12-6-7-13-35(33)30-36)39-27-29-48-44(31-39)43-17-9-11-19-47(43)51(48)37-14-4-3-5-15-37/h3-32H,1-2H3. The van der Waals surface area contributed by atoms with Crippen LogP contribution in [0.2, 0.25) is 0 Å². The Labute approximate surface area is 298 Å². The first-order chi connectivity index (χ1) is 25.0. The van der Waals surface area contributed by atoms with E-state index in [-0.39, 0.29) is 5.41 Å². The zero-order valence-corrected chi connectivity index (χ0v) is 28.7. The smallest absolute Gasteiger partial charge is 0.0542 e. The Morgan fingerprint density at radius 1 is 0.412 bits per heavy atom. The van der Waals surface area contributed by atoms with E-state index >= 15 is 0 Å². The maximum absolute atomic E-state index is 2.43. The van der Waals surface area contributed by atoms with E-state index in [1.54, 1.807) is 0 Å². The maximum Gasteiger partial charge on any atom is 0.0542 e. The number of hydrogen-bond donors (Lipinski definition) is 0. The lowest BCUT2D eigenvalue weighted by atomic mass is 9.82. The minimum atomic E-state index is -0.0966. The van der Waals surface area contributed by atoms with Crippen molar-refractivity contribution in [3.63, 3.8) is 0 Å². The molecular formula is C49H36N2. The van der Waals surface area contributed by atoms with Crippen molar-refractivity contribution >= 4 is 49.6 Å². The van der Waals surface area contributed by atoms with Gasteiger partial charge in [0.15, 0.2) is 0 Å². The molecule has 1 aliphatic carbocycles.